The molecule has 1 saturated carbocycles. The van der Waals surface area contributed by atoms with E-state index in [-0.39, 0.29) is 0 Å². The van der Waals surface area contributed by atoms with Gasteiger partial charge in [0.15, 0.2) is 0 Å². The molecule has 0 bridgehead atoms. The second kappa shape index (κ2) is 4.37. The van der Waals surface area contributed by atoms with Crippen molar-refractivity contribution in [3.05, 3.63) is 23.4 Å². The summed E-state index contributed by atoms with van der Waals surface area (Å²) in [5, 5.41) is 10.3. The minimum Gasteiger partial charge on any atom is -0.420 e. The molecule has 1 aliphatic rings. The first kappa shape index (κ1) is 10.0. The Morgan fingerprint density at radius 2 is 2.06 bits per heavy atom. The third-order valence-electron chi connectivity index (χ3n) is 3.13. The average Bonchev–Trinajstić information content (AvgIpc) is 3.01. The van der Waals surface area contributed by atoms with Gasteiger partial charge < -0.3 is 4.42 Å². The fourth-order valence-electron chi connectivity index (χ4n) is 2.25. The van der Waals surface area contributed by atoms with Crippen LogP contribution in [0.1, 0.15) is 43.9 Å². The van der Waals surface area contributed by atoms with Crippen molar-refractivity contribution in [3.63, 3.8) is 0 Å². The molecule has 3 rings (SSSR count). The first-order valence-corrected chi connectivity index (χ1v) is 6.69. The van der Waals surface area contributed by atoms with E-state index in [1.54, 1.807) is 11.3 Å². The first-order chi connectivity index (χ1) is 7.93. The summed E-state index contributed by atoms with van der Waals surface area (Å²) < 4.78 is 5.76. The molecule has 0 N–H and O–H groups in total. The molecule has 2 aromatic rings. The Morgan fingerprint density at radius 1 is 1.19 bits per heavy atom. The van der Waals surface area contributed by atoms with E-state index in [0.717, 1.165) is 10.8 Å². The summed E-state index contributed by atoms with van der Waals surface area (Å²) in [5.41, 5.74) is 0. The minimum atomic E-state index is 0.495. The molecule has 0 unspecified atom stereocenters. The van der Waals surface area contributed by atoms with Gasteiger partial charge in [-0.25, -0.2) is 0 Å². The van der Waals surface area contributed by atoms with Crippen LogP contribution in [0.15, 0.2) is 21.9 Å². The summed E-state index contributed by atoms with van der Waals surface area (Å²) in [4.78, 5) is 1.06. The van der Waals surface area contributed by atoms with Crippen LogP contribution in [0.4, 0.5) is 0 Å². The number of rotatable bonds is 2. The number of thiophene rings is 1. The molecule has 0 atom stereocenters. The highest BCUT2D eigenvalue weighted by Gasteiger charge is 2.21. The molecule has 0 saturated heterocycles. The lowest BCUT2D eigenvalue weighted by Gasteiger charge is -2.17. The lowest BCUT2D eigenvalue weighted by Crippen LogP contribution is -2.04. The van der Waals surface area contributed by atoms with Gasteiger partial charge in [-0.2, -0.15) is 0 Å². The van der Waals surface area contributed by atoms with E-state index in [4.69, 9.17) is 4.42 Å². The molecule has 2 heterocycles. The predicted molar refractivity (Wildman–Crippen MR) is 63.4 cm³/mol. The number of hydrogen-bond acceptors (Lipinski definition) is 4. The maximum atomic E-state index is 5.76. The van der Waals surface area contributed by atoms with Gasteiger partial charge in [0.2, 0.25) is 5.89 Å². The maximum absolute atomic E-state index is 5.76. The lowest BCUT2D eigenvalue weighted by molar-refractivity contribution is 0.367. The molecular formula is C12H14N2OS. The van der Waals surface area contributed by atoms with Gasteiger partial charge in [-0.05, 0) is 24.3 Å². The maximum Gasteiger partial charge on any atom is 0.257 e. The van der Waals surface area contributed by atoms with E-state index in [1.807, 2.05) is 17.5 Å². The molecule has 0 aromatic carbocycles. The monoisotopic (exact) mass is 234 g/mol. The van der Waals surface area contributed by atoms with Gasteiger partial charge in [-0.1, -0.05) is 25.3 Å². The van der Waals surface area contributed by atoms with Gasteiger partial charge in [0.1, 0.15) is 0 Å². The highest BCUT2D eigenvalue weighted by molar-refractivity contribution is 7.13. The Bertz CT molecular complexity index is 443. The van der Waals surface area contributed by atoms with Crippen molar-refractivity contribution in [2.45, 2.75) is 38.0 Å². The molecular weight excluding hydrogens is 220 g/mol. The average molecular weight is 234 g/mol. The zero-order valence-corrected chi connectivity index (χ0v) is 9.87. The van der Waals surface area contributed by atoms with E-state index in [9.17, 15) is 0 Å². The van der Waals surface area contributed by atoms with Crippen LogP contribution in [-0.4, -0.2) is 10.2 Å². The second-order valence-electron chi connectivity index (χ2n) is 4.26. The number of nitrogens with zero attached hydrogens (tertiary/aromatic N) is 2. The largest absolute Gasteiger partial charge is 0.420 e. The highest BCUT2D eigenvalue weighted by atomic mass is 32.1. The van der Waals surface area contributed by atoms with E-state index >= 15 is 0 Å². The molecule has 84 valence electrons. The van der Waals surface area contributed by atoms with Crippen LogP contribution in [0.5, 0.6) is 0 Å². The van der Waals surface area contributed by atoms with Gasteiger partial charge in [-0.15, -0.1) is 21.5 Å². The summed E-state index contributed by atoms with van der Waals surface area (Å²) in [6.45, 7) is 0. The molecule has 2 aromatic heterocycles. The summed E-state index contributed by atoms with van der Waals surface area (Å²) in [6.07, 6.45) is 6.34. The van der Waals surface area contributed by atoms with Crippen LogP contribution in [0.25, 0.3) is 10.8 Å². The SMILES string of the molecule is c1csc(-c2nnc(C3CCCCC3)o2)c1. The van der Waals surface area contributed by atoms with E-state index in [1.165, 1.54) is 32.1 Å². The Kier molecular flexibility index (Phi) is 2.74. The zero-order valence-electron chi connectivity index (χ0n) is 9.06. The quantitative estimate of drug-likeness (QED) is 0.792. The molecule has 16 heavy (non-hydrogen) atoms. The van der Waals surface area contributed by atoms with Crippen LogP contribution in [0.3, 0.4) is 0 Å². The van der Waals surface area contributed by atoms with Crippen molar-refractivity contribution < 1.29 is 4.42 Å². The molecule has 1 aliphatic carbocycles. The molecule has 0 spiro atoms. The Labute approximate surface area is 98.5 Å². The Morgan fingerprint density at radius 3 is 2.81 bits per heavy atom. The topological polar surface area (TPSA) is 38.9 Å². The fourth-order valence-corrected chi connectivity index (χ4v) is 2.89. The molecule has 0 aliphatic heterocycles. The van der Waals surface area contributed by atoms with Crippen molar-refractivity contribution in [1.82, 2.24) is 10.2 Å². The van der Waals surface area contributed by atoms with Crippen LogP contribution in [0.2, 0.25) is 0 Å². The van der Waals surface area contributed by atoms with Gasteiger partial charge in [-0.3, -0.25) is 0 Å². The van der Waals surface area contributed by atoms with Crippen molar-refractivity contribution in [1.29, 1.82) is 0 Å². The third-order valence-corrected chi connectivity index (χ3v) is 3.98. The van der Waals surface area contributed by atoms with E-state index in [2.05, 4.69) is 10.2 Å². The normalized spacial score (nSPS) is 17.8. The van der Waals surface area contributed by atoms with Gasteiger partial charge in [0.25, 0.3) is 5.89 Å². The standard InChI is InChI=1S/C12H14N2OS/c1-2-5-9(6-3-1)11-13-14-12(15-11)10-7-4-8-16-10/h4,7-9H,1-3,5-6H2. The third kappa shape index (κ3) is 1.89. The van der Waals surface area contributed by atoms with Crippen molar-refractivity contribution in [3.8, 4) is 10.8 Å². The first-order valence-electron chi connectivity index (χ1n) is 5.81. The summed E-state index contributed by atoms with van der Waals surface area (Å²) in [7, 11) is 0. The van der Waals surface area contributed by atoms with Gasteiger partial charge in [0.05, 0.1) is 4.88 Å². The smallest absolute Gasteiger partial charge is 0.257 e. The number of aromatic nitrogens is 2. The van der Waals surface area contributed by atoms with Gasteiger partial charge in [0, 0.05) is 5.92 Å². The minimum absolute atomic E-state index is 0.495. The fraction of sp³-hybridized carbons (Fsp3) is 0.500. The van der Waals surface area contributed by atoms with Crippen LogP contribution < -0.4 is 0 Å². The molecule has 1 fully saturated rings. The van der Waals surface area contributed by atoms with Crippen molar-refractivity contribution in [2.75, 3.05) is 0 Å². The molecule has 4 heteroatoms. The zero-order chi connectivity index (χ0) is 10.8. The van der Waals surface area contributed by atoms with E-state index in [0.29, 0.717) is 11.8 Å². The van der Waals surface area contributed by atoms with Crippen LogP contribution in [-0.2, 0) is 0 Å². The second-order valence-corrected chi connectivity index (χ2v) is 5.21. The molecule has 0 radical (unpaired) electrons. The Hall–Kier alpha value is -1.16. The Balaban J connectivity index is 1.82. The summed E-state index contributed by atoms with van der Waals surface area (Å²) >= 11 is 1.64. The summed E-state index contributed by atoms with van der Waals surface area (Å²) in [6, 6.07) is 4.02. The van der Waals surface area contributed by atoms with Gasteiger partial charge >= 0.3 is 0 Å². The van der Waals surface area contributed by atoms with E-state index < -0.39 is 0 Å². The summed E-state index contributed by atoms with van der Waals surface area (Å²) in [5.74, 6) is 2.01. The number of hydrogen-bond donors (Lipinski definition) is 0. The highest BCUT2D eigenvalue weighted by Crippen LogP contribution is 2.33. The van der Waals surface area contributed by atoms with Crippen LogP contribution >= 0.6 is 11.3 Å². The molecule has 0 amide bonds. The van der Waals surface area contributed by atoms with Crippen molar-refractivity contribution in [2.24, 2.45) is 0 Å². The predicted octanol–water partition coefficient (Wildman–Crippen LogP) is 3.85. The lowest BCUT2D eigenvalue weighted by atomic mass is 9.89. The molecule has 3 nitrogen and oxygen atoms in total. The van der Waals surface area contributed by atoms with Crippen LogP contribution in [0, 0.1) is 0 Å². The van der Waals surface area contributed by atoms with Crippen molar-refractivity contribution >= 4 is 11.3 Å².